The van der Waals surface area contributed by atoms with Crippen molar-refractivity contribution in [2.45, 2.75) is 220 Å². The molecule has 1 amide bonds. The number of hydrogen-bond acceptors (Lipinski definition) is 35. The summed E-state index contributed by atoms with van der Waals surface area (Å²) >= 11 is 0. The molecule has 0 spiro atoms. The summed E-state index contributed by atoms with van der Waals surface area (Å²) in [5.41, 5.74) is 0. The lowest BCUT2D eigenvalue weighted by atomic mass is 9.93. The first-order valence-corrected chi connectivity index (χ1v) is 27.4. The summed E-state index contributed by atoms with van der Waals surface area (Å²) in [5.74, 6) is -15.8. The first-order chi connectivity index (χ1) is 42.0. The molecular formula is C54H75NO35. The summed E-state index contributed by atoms with van der Waals surface area (Å²) in [6.45, 7) is 9.32. The summed E-state index contributed by atoms with van der Waals surface area (Å²) in [5, 5.41) is 2.52. The number of nitrogens with one attached hydrogen (secondary N) is 1. The third-order valence-electron chi connectivity index (χ3n) is 12.1. The van der Waals surface area contributed by atoms with E-state index >= 15 is 0 Å². The maximum Gasteiger partial charge on any atom is 0.303 e. The van der Waals surface area contributed by atoms with E-state index < -0.39 is 239 Å². The van der Waals surface area contributed by atoms with E-state index in [1.54, 1.807) is 0 Å². The Hall–Kier alpha value is -8.19. The van der Waals surface area contributed by atoms with Crippen LogP contribution in [0.15, 0.2) is 0 Å². The molecule has 90 heavy (non-hydrogen) atoms. The molecule has 0 aliphatic carbocycles. The fourth-order valence-electron chi connectivity index (χ4n) is 9.27. The van der Waals surface area contributed by atoms with Gasteiger partial charge in [-0.1, -0.05) is 0 Å². The molecule has 0 aromatic carbocycles. The van der Waals surface area contributed by atoms with E-state index in [4.69, 9.17) is 94.7 Å². The zero-order valence-electron chi connectivity index (χ0n) is 51.8. The molecule has 506 valence electrons. The molecule has 3 aliphatic heterocycles. The molecule has 0 saturated carbocycles. The fourth-order valence-corrected chi connectivity index (χ4v) is 9.27. The molecule has 19 atom stereocenters. The zero-order chi connectivity index (χ0) is 68.0. The first kappa shape index (κ1) is 76.1. The molecule has 36 nitrogen and oxygen atoms in total. The van der Waals surface area contributed by atoms with Crippen LogP contribution in [0.2, 0.25) is 0 Å². The average Bonchev–Trinajstić information content (AvgIpc) is 0.774. The van der Waals surface area contributed by atoms with Gasteiger partial charge in [0.1, 0.15) is 75.7 Å². The van der Waals surface area contributed by atoms with Crippen LogP contribution in [0.25, 0.3) is 0 Å². The van der Waals surface area contributed by atoms with Gasteiger partial charge in [0.15, 0.2) is 73.8 Å². The highest BCUT2D eigenvalue weighted by molar-refractivity contribution is 5.74. The molecule has 7 unspecified atom stereocenters. The molecule has 3 aliphatic rings. The second kappa shape index (κ2) is 35.9. The van der Waals surface area contributed by atoms with Crippen molar-refractivity contribution in [2.75, 3.05) is 33.0 Å². The molecular weight excluding hydrogens is 1220 g/mol. The first-order valence-electron chi connectivity index (χ1n) is 27.4. The summed E-state index contributed by atoms with van der Waals surface area (Å²) in [6.07, 6.45) is -36.4. The molecule has 3 heterocycles. The SMILES string of the molecule is CC(=O)N[C@H]1C(OC2[C@@H](OC(C)=O)C(OC(C)=O)C(O[C@H]([C@H](OC(C)=O)[C@H](COC(C)=O)OC(C)=O)[C@H](COC(C)=O)OC(C)=O)O[C@@H]2COC(C)=O)O[C@H](COC(C)=O)[C@@H](OC(C)=O)C1O[C@H]1OC(COC(C)=O)[C@@H](OC(C)=O)C(OC(C)=O)[C@H]1OC(C)=O. The molecule has 36 heteroatoms. The van der Waals surface area contributed by atoms with Gasteiger partial charge in [0.2, 0.25) is 5.91 Å². The van der Waals surface area contributed by atoms with Crippen LogP contribution in [0, 0.1) is 0 Å². The van der Waals surface area contributed by atoms with E-state index in [-0.39, 0.29) is 0 Å². The van der Waals surface area contributed by atoms with Gasteiger partial charge in [0.25, 0.3) is 0 Å². The van der Waals surface area contributed by atoms with Gasteiger partial charge < -0.3 is 100 Å². The van der Waals surface area contributed by atoms with Crippen molar-refractivity contribution < 1.29 is 167 Å². The average molecular weight is 1300 g/mol. The normalized spacial score (nSPS) is 27.4. The number of carbonyl (C=O) groups is 15. The maximum atomic E-state index is 13.5. The van der Waals surface area contributed by atoms with Crippen LogP contribution in [0.4, 0.5) is 0 Å². The van der Waals surface area contributed by atoms with Gasteiger partial charge in [0, 0.05) is 104 Å². The highest BCUT2D eigenvalue weighted by Crippen LogP contribution is 2.39. The number of ether oxygens (including phenoxy) is 20. The van der Waals surface area contributed by atoms with Crippen LogP contribution in [-0.2, 0) is 167 Å². The van der Waals surface area contributed by atoms with Crippen molar-refractivity contribution in [3.05, 3.63) is 0 Å². The zero-order valence-corrected chi connectivity index (χ0v) is 51.8. The van der Waals surface area contributed by atoms with Crippen LogP contribution < -0.4 is 5.32 Å². The molecule has 0 radical (unpaired) electrons. The van der Waals surface area contributed by atoms with E-state index in [1.807, 2.05) is 0 Å². The van der Waals surface area contributed by atoms with Gasteiger partial charge in [-0.15, -0.1) is 0 Å². The third kappa shape index (κ3) is 25.0. The molecule has 3 fully saturated rings. The quantitative estimate of drug-likeness (QED) is 0.0626. The summed E-state index contributed by atoms with van der Waals surface area (Å²) in [4.78, 5) is 192. The lowest BCUT2D eigenvalue weighted by Crippen LogP contribution is -2.71. The molecule has 1 N–H and O–H groups in total. The van der Waals surface area contributed by atoms with Crippen molar-refractivity contribution in [3.63, 3.8) is 0 Å². The Kier molecular flexibility index (Phi) is 30.3. The molecule has 3 saturated heterocycles. The Morgan fingerprint density at radius 1 is 0.311 bits per heavy atom. The number of rotatable bonds is 29. The van der Waals surface area contributed by atoms with Crippen LogP contribution in [0.1, 0.15) is 104 Å². The van der Waals surface area contributed by atoms with Crippen molar-refractivity contribution >= 4 is 89.5 Å². The Labute approximate surface area is 513 Å². The number of carbonyl (C=O) groups excluding carboxylic acids is 15. The van der Waals surface area contributed by atoms with E-state index in [1.165, 1.54) is 0 Å². The minimum atomic E-state index is -2.31. The number of amides is 1. The third-order valence-corrected chi connectivity index (χ3v) is 12.1. The van der Waals surface area contributed by atoms with E-state index in [0.29, 0.717) is 0 Å². The lowest BCUT2D eigenvalue weighted by molar-refractivity contribution is -0.372. The van der Waals surface area contributed by atoms with E-state index in [9.17, 15) is 71.9 Å². The molecule has 0 aromatic heterocycles. The fraction of sp³-hybridized carbons (Fsp3) is 0.722. The lowest BCUT2D eigenvalue weighted by Gasteiger charge is -2.51. The second-order valence-corrected chi connectivity index (χ2v) is 20.0. The van der Waals surface area contributed by atoms with E-state index in [0.717, 1.165) is 104 Å². The van der Waals surface area contributed by atoms with Gasteiger partial charge >= 0.3 is 83.6 Å². The van der Waals surface area contributed by atoms with Gasteiger partial charge in [-0.05, 0) is 0 Å². The summed E-state index contributed by atoms with van der Waals surface area (Å²) in [6, 6.07) is -1.98. The topological polar surface area (TPSA) is 453 Å². The Morgan fingerprint density at radius 2 is 0.622 bits per heavy atom. The largest absolute Gasteiger partial charge is 0.463 e. The Balaban J connectivity index is 2.54. The smallest absolute Gasteiger partial charge is 0.303 e. The minimum Gasteiger partial charge on any atom is -0.463 e. The molecule has 0 aromatic rings. The van der Waals surface area contributed by atoms with Crippen LogP contribution in [-0.4, -0.2) is 239 Å². The molecule has 0 bridgehead atoms. The van der Waals surface area contributed by atoms with Gasteiger partial charge in [0.05, 0.1) is 0 Å². The van der Waals surface area contributed by atoms with Crippen LogP contribution in [0.3, 0.4) is 0 Å². The minimum absolute atomic E-state index is 0.783. The summed E-state index contributed by atoms with van der Waals surface area (Å²) < 4.78 is 115. The number of hydrogen-bond donors (Lipinski definition) is 1. The maximum absolute atomic E-state index is 13.5. The highest BCUT2D eigenvalue weighted by atomic mass is 16.8. The van der Waals surface area contributed by atoms with Crippen LogP contribution >= 0.6 is 0 Å². The predicted octanol–water partition coefficient (Wildman–Crippen LogP) is -1.98. The van der Waals surface area contributed by atoms with Crippen LogP contribution in [0.5, 0.6) is 0 Å². The monoisotopic (exact) mass is 1300 g/mol. The second-order valence-electron chi connectivity index (χ2n) is 20.0. The standard InChI is InChI=1S/C54H75NO35/c1-21(56)55-41-47(90-54-50(83-34(14)69)48(81-32(12)67)45(80-31(11)66)39(86-54)19-74-25(5)60)44(79-30(10)65)38(18-73-24(4)59)85-52(41)88-46-40(20-75-26(6)61)87-53(51(84-35(15)70)49(46)82-33(13)68)89-43(37(77-28(8)63)17-72-23(3)58)42(78-29(9)64)36(76-27(7)62)16-71-22(2)57/h36-54H,16-20H2,1-15H3,(H,55,56)/t36-,37-,38+,39?,40+,41+,42+,43-,44+,45+,46?,47?,48?,49+,50+,51?,52?,53?,54+/m0/s1. The number of esters is 14. The van der Waals surface area contributed by atoms with Crippen molar-refractivity contribution in [3.8, 4) is 0 Å². The van der Waals surface area contributed by atoms with Gasteiger partial charge in [-0.25, -0.2) is 0 Å². The van der Waals surface area contributed by atoms with Crippen molar-refractivity contribution in [2.24, 2.45) is 0 Å². The predicted molar refractivity (Wildman–Crippen MR) is 281 cm³/mol. The van der Waals surface area contributed by atoms with Crippen molar-refractivity contribution in [1.29, 1.82) is 0 Å². The molecule has 3 rings (SSSR count). The van der Waals surface area contributed by atoms with Gasteiger partial charge in [-0.3, -0.25) is 71.9 Å². The summed E-state index contributed by atoms with van der Waals surface area (Å²) in [7, 11) is 0. The Bertz CT molecular complexity index is 2610. The van der Waals surface area contributed by atoms with Gasteiger partial charge in [-0.2, -0.15) is 0 Å². The van der Waals surface area contributed by atoms with E-state index in [2.05, 4.69) is 5.32 Å². The van der Waals surface area contributed by atoms with Crippen molar-refractivity contribution in [1.82, 2.24) is 5.32 Å². The highest BCUT2D eigenvalue weighted by Gasteiger charge is 2.60. The Morgan fingerprint density at radius 3 is 1.00 bits per heavy atom.